The number of fused-ring (bicyclic) bond motifs is 1. The van der Waals surface area contributed by atoms with Gasteiger partial charge in [-0.3, -0.25) is 4.79 Å². The number of nitrogens with one attached hydrogen (secondary N) is 1. The van der Waals surface area contributed by atoms with Crippen LogP contribution in [0.3, 0.4) is 0 Å². The van der Waals surface area contributed by atoms with Gasteiger partial charge in [0.2, 0.25) is 5.75 Å². The van der Waals surface area contributed by atoms with Gasteiger partial charge in [-0.05, 0) is 70.7 Å². The number of anilines is 1. The molecule has 1 heterocycles. The molecule has 0 aliphatic rings. The van der Waals surface area contributed by atoms with Gasteiger partial charge in [-0.1, -0.05) is 43.9 Å². The van der Waals surface area contributed by atoms with Crippen LogP contribution in [0, 0.1) is 0 Å². The second kappa shape index (κ2) is 13.8. The molecule has 182 valence electrons. The highest BCUT2D eigenvalue weighted by molar-refractivity contribution is 5.90. The summed E-state index contributed by atoms with van der Waals surface area (Å²) in [6, 6.07) is 6.09. The molecule has 5 heteroatoms. The maximum atomic E-state index is 13.2. The first-order valence-electron chi connectivity index (χ1n) is 12.3. The van der Waals surface area contributed by atoms with Crippen molar-refractivity contribution in [2.24, 2.45) is 7.05 Å². The minimum Gasteiger partial charge on any atom is -0.485 e. The van der Waals surface area contributed by atoms with Crippen molar-refractivity contribution in [3.63, 3.8) is 0 Å². The molecule has 0 aliphatic heterocycles. The first-order chi connectivity index (χ1) is 15.9. The number of hydrogen-bond acceptors (Lipinski definition) is 4. The average molecular weight is 455 g/mol. The van der Waals surface area contributed by atoms with E-state index in [4.69, 9.17) is 9.47 Å². The highest BCUT2D eigenvalue weighted by Crippen LogP contribution is 2.34. The lowest BCUT2D eigenvalue weighted by atomic mass is 10.1. The van der Waals surface area contributed by atoms with E-state index < -0.39 is 0 Å². The first kappa shape index (κ1) is 26.6. The maximum Gasteiger partial charge on any atom is 0.297 e. The van der Waals surface area contributed by atoms with Crippen LogP contribution < -0.4 is 20.3 Å². The van der Waals surface area contributed by atoms with Gasteiger partial charge in [-0.15, -0.1) is 0 Å². The Morgan fingerprint density at radius 1 is 1.03 bits per heavy atom. The third kappa shape index (κ3) is 7.99. The zero-order chi connectivity index (χ0) is 24.2. The molecule has 0 fully saturated rings. The summed E-state index contributed by atoms with van der Waals surface area (Å²) in [6.45, 7) is 12.5. The van der Waals surface area contributed by atoms with Crippen molar-refractivity contribution in [3.8, 4) is 11.5 Å². The van der Waals surface area contributed by atoms with Crippen LogP contribution in [-0.2, 0) is 7.05 Å². The Labute approximate surface area is 199 Å². The van der Waals surface area contributed by atoms with Gasteiger partial charge in [-0.25, -0.2) is 0 Å². The van der Waals surface area contributed by atoms with Crippen molar-refractivity contribution in [1.29, 1.82) is 0 Å². The second-order valence-corrected chi connectivity index (χ2v) is 8.92. The molecule has 0 atom stereocenters. The number of allylic oxidation sites excluding steroid dienone is 3. The number of rotatable bonds is 14. The molecular weight excluding hydrogens is 412 g/mol. The zero-order valence-electron chi connectivity index (χ0n) is 21.4. The Bertz CT molecular complexity index is 1010. The van der Waals surface area contributed by atoms with Gasteiger partial charge < -0.3 is 19.4 Å². The van der Waals surface area contributed by atoms with Crippen molar-refractivity contribution >= 4 is 16.6 Å². The van der Waals surface area contributed by atoms with Crippen LogP contribution in [0.25, 0.3) is 10.9 Å². The van der Waals surface area contributed by atoms with Gasteiger partial charge in [0.25, 0.3) is 5.56 Å². The Morgan fingerprint density at radius 3 is 2.48 bits per heavy atom. The molecule has 0 bridgehead atoms. The molecule has 0 radical (unpaired) electrons. The van der Waals surface area contributed by atoms with E-state index >= 15 is 0 Å². The molecule has 1 aromatic heterocycles. The van der Waals surface area contributed by atoms with Crippen molar-refractivity contribution in [2.45, 2.75) is 73.1 Å². The summed E-state index contributed by atoms with van der Waals surface area (Å²) in [5, 5.41) is 4.33. The SMILES string of the molecule is CCCCNc1ccc2c(OC/C=C(\C)CCC=C(C)C)c(OCCCC)c(=O)n(C)c2c1. The molecule has 1 aromatic carbocycles. The predicted octanol–water partition coefficient (Wildman–Crippen LogP) is 7.00. The highest BCUT2D eigenvalue weighted by atomic mass is 16.5. The van der Waals surface area contributed by atoms with E-state index in [9.17, 15) is 4.79 Å². The second-order valence-electron chi connectivity index (χ2n) is 8.92. The van der Waals surface area contributed by atoms with Gasteiger partial charge in [0.05, 0.1) is 12.1 Å². The first-order valence-corrected chi connectivity index (χ1v) is 12.3. The normalized spacial score (nSPS) is 11.5. The van der Waals surface area contributed by atoms with Gasteiger partial charge in [0, 0.05) is 24.7 Å². The standard InChI is InChI=1S/C28H42N2O3/c1-7-9-17-29-23-14-15-24-25(20-23)30(6)28(31)27(32-18-10-8-2)26(24)33-19-16-22(5)13-11-12-21(3)4/h12,14-16,20,29H,7-11,13,17-19H2,1-6H3/b22-16+. The molecule has 0 spiro atoms. The molecule has 0 saturated carbocycles. The van der Waals surface area contributed by atoms with Crippen LogP contribution in [0.5, 0.6) is 11.5 Å². The quantitative estimate of drug-likeness (QED) is 0.247. The number of pyridine rings is 1. The molecule has 0 unspecified atom stereocenters. The van der Waals surface area contributed by atoms with Crippen LogP contribution in [-0.4, -0.2) is 24.3 Å². The Balaban J connectivity index is 2.36. The summed E-state index contributed by atoms with van der Waals surface area (Å²) in [6.07, 6.45) is 10.5. The van der Waals surface area contributed by atoms with Crippen LogP contribution in [0.4, 0.5) is 5.69 Å². The number of nitrogens with zero attached hydrogens (tertiary/aromatic N) is 1. The summed E-state index contributed by atoms with van der Waals surface area (Å²) in [5.41, 5.74) is 4.29. The number of hydrogen-bond donors (Lipinski definition) is 1. The van der Waals surface area contributed by atoms with E-state index in [1.54, 1.807) is 11.6 Å². The van der Waals surface area contributed by atoms with Crippen molar-refractivity contribution < 1.29 is 9.47 Å². The smallest absolute Gasteiger partial charge is 0.297 e. The van der Waals surface area contributed by atoms with Crippen LogP contribution >= 0.6 is 0 Å². The lowest BCUT2D eigenvalue weighted by Crippen LogP contribution is -2.21. The van der Waals surface area contributed by atoms with Crippen LogP contribution in [0.1, 0.15) is 73.1 Å². The number of aromatic nitrogens is 1. The van der Waals surface area contributed by atoms with Gasteiger partial charge in [-0.2, -0.15) is 0 Å². The summed E-state index contributed by atoms with van der Waals surface area (Å²) in [4.78, 5) is 13.2. The molecule has 33 heavy (non-hydrogen) atoms. The van der Waals surface area contributed by atoms with E-state index in [1.165, 1.54) is 11.1 Å². The molecule has 0 saturated heterocycles. The topological polar surface area (TPSA) is 52.5 Å². The Hall–Kier alpha value is -2.69. The largest absolute Gasteiger partial charge is 0.485 e. The fourth-order valence-electron chi connectivity index (χ4n) is 3.55. The van der Waals surface area contributed by atoms with Gasteiger partial charge in [0.15, 0.2) is 5.75 Å². The number of benzene rings is 1. The fraction of sp³-hybridized carbons (Fsp3) is 0.536. The van der Waals surface area contributed by atoms with Crippen LogP contribution in [0.15, 0.2) is 46.3 Å². The van der Waals surface area contributed by atoms with Crippen molar-refractivity contribution in [2.75, 3.05) is 25.1 Å². The maximum absolute atomic E-state index is 13.2. The summed E-state index contributed by atoms with van der Waals surface area (Å²) in [5.74, 6) is 0.846. The molecule has 1 N–H and O–H groups in total. The minimum absolute atomic E-state index is 0.163. The van der Waals surface area contributed by atoms with E-state index in [-0.39, 0.29) is 5.56 Å². The molecular formula is C28H42N2O3. The molecule has 0 amide bonds. The van der Waals surface area contributed by atoms with E-state index in [2.05, 4.69) is 52.1 Å². The minimum atomic E-state index is -0.163. The van der Waals surface area contributed by atoms with Crippen molar-refractivity contribution in [3.05, 3.63) is 51.9 Å². The monoisotopic (exact) mass is 454 g/mol. The zero-order valence-corrected chi connectivity index (χ0v) is 21.4. The third-order valence-corrected chi connectivity index (χ3v) is 5.66. The molecule has 5 nitrogen and oxygen atoms in total. The number of ether oxygens (including phenoxy) is 2. The summed E-state index contributed by atoms with van der Waals surface area (Å²) >= 11 is 0. The Morgan fingerprint density at radius 2 is 1.79 bits per heavy atom. The predicted molar refractivity (Wildman–Crippen MR) is 141 cm³/mol. The van der Waals surface area contributed by atoms with Crippen LogP contribution in [0.2, 0.25) is 0 Å². The number of unbranched alkanes of at least 4 members (excludes halogenated alkanes) is 2. The summed E-state index contributed by atoms with van der Waals surface area (Å²) in [7, 11) is 1.80. The summed E-state index contributed by atoms with van der Waals surface area (Å²) < 4.78 is 13.8. The fourth-order valence-corrected chi connectivity index (χ4v) is 3.55. The van der Waals surface area contributed by atoms with Crippen molar-refractivity contribution in [1.82, 2.24) is 4.57 Å². The lowest BCUT2D eigenvalue weighted by molar-refractivity contribution is 0.275. The number of aryl methyl sites for hydroxylation is 1. The average Bonchev–Trinajstić information content (AvgIpc) is 2.78. The lowest BCUT2D eigenvalue weighted by Gasteiger charge is -2.17. The highest BCUT2D eigenvalue weighted by Gasteiger charge is 2.18. The molecule has 2 rings (SSSR count). The van der Waals surface area contributed by atoms with E-state index in [1.807, 2.05) is 18.2 Å². The molecule has 0 aliphatic carbocycles. The van der Waals surface area contributed by atoms with E-state index in [0.717, 1.165) is 61.7 Å². The van der Waals surface area contributed by atoms with Gasteiger partial charge >= 0.3 is 0 Å². The third-order valence-electron chi connectivity index (χ3n) is 5.66. The van der Waals surface area contributed by atoms with Gasteiger partial charge in [0.1, 0.15) is 6.61 Å². The molecule has 2 aromatic rings. The Kier molecular flexibility index (Phi) is 11.1. The van der Waals surface area contributed by atoms with E-state index in [0.29, 0.717) is 24.7 Å².